The number of aliphatic hydroxyl groups is 1. The SMILES string of the molecule is NCC1(O)CCc2cccc(F)c2C1. The monoisotopic (exact) mass is 195 g/mol. The minimum atomic E-state index is -0.908. The van der Waals surface area contributed by atoms with Crippen molar-refractivity contribution < 1.29 is 9.50 Å². The molecule has 0 aliphatic heterocycles. The van der Waals surface area contributed by atoms with Gasteiger partial charge < -0.3 is 10.8 Å². The number of fused-ring (bicyclic) bond motifs is 1. The molecule has 2 rings (SSSR count). The second kappa shape index (κ2) is 3.33. The third-order valence-corrected chi connectivity index (χ3v) is 2.96. The number of halogens is 1. The Morgan fingerprint density at radius 1 is 1.50 bits per heavy atom. The van der Waals surface area contributed by atoms with Crippen LogP contribution in [0.1, 0.15) is 17.5 Å². The molecule has 1 aromatic rings. The van der Waals surface area contributed by atoms with Gasteiger partial charge in [-0.3, -0.25) is 0 Å². The standard InChI is InChI=1S/C11H14FNO/c12-10-3-1-2-8-4-5-11(14,7-13)6-9(8)10/h1-3,14H,4-7,13H2. The minimum Gasteiger partial charge on any atom is -0.388 e. The lowest BCUT2D eigenvalue weighted by Crippen LogP contribution is -2.43. The highest BCUT2D eigenvalue weighted by molar-refractivity contribution is 5.33. The van der Waals surface area contributed by atoms with E-state index in [9.17, 15) is 9.50 Å². The summed E-state index contributed by atoms with van der Waals surface area (Å²) in [5.41, 5.74) is 6.20. The third kappa shape index (κ3) is 1.53. The molecule has 76 valence electrons. The Morgan fingerprint density at radius 3 is 3.00 bits per heavy atom. The van der Waals surface area contributed by atoms with Crippen LogP contribution in [0.3, 0.4) is 0 Å². The number of rotatable bonds is 1. The summed E-state index contributed by atoms with van der Waals surface area (Å²) in [5.74, 6) is -0.228. The Hall–Kier alpha value is -0.930. The average molecular weight is 195 g/mol. The van der Waals surface area contributed by atoms with Gasteiger partial charge in [-0.25, -0.2) is 4.39 Å². The van der Waals surface area contributed by atoms with Gasteiger partial charge in [0, 0.05) is 13.0 Å². The highest BCUT2D eigenvalue weighted by Gasteiger charge is 2.31. The highest BCUT2D eigenvalue weighted by Crippen LogP contribution is 2.29. The van der Waals surface area contributed by atoms with Crippen LogP contribution in [0.15, 0.2) is 18.2 Å². The first-order valence-corrected chi connectivity index (χ1v) is 4.83. The van der Waals surface area contributed by atoms with Crippen molar-refractivity contribution in [1.29, 1.82) is 0 Å². The smallest absolute Gasteiger partial charge is 0.126 e. The highest BCUT2D eigenvalue weighted by atomic mass is 19.1. The molecule has 0 bridgehead atoms. The first-order chi connectivity index (χ1) is 6.64. The van der Waals surface area contributed by atoms with Gasteiger partial charge in [0.1, 0.15) is 5.82 Å². The van der Waals surface area contributed by atoms with Crippen molar-refractivity contribution in [3.63, 3.8) is 0 Å². The topological polar surface area (TPSA) is 46.2 Å². The molecular weight excluding hydrogens is 181 g/mol. The lowest BCUT2D eigenvalue weighted by molar-refractivity contribution is 0.0343. The van der Waals surface area contributed by atoms with Gasteiger partial charge in [-0.2, -0.15) is 0 Å². The lowest BCUT2D eigenvalue weighted by Gasteiger charge is -2.32. The van der Waals surface area contributed by atoms with Crippen LogP contribution in [-0.2, 0) is 12.8 Å². The molecule has 0 heterocycles. The first-order valence-electron chi connectivity index (χ1n) is 4.83. The molecule has 1 unspecified atom stereocenters. The maximum absolute atomic E-state index is 13.4. The van der Waals surface area contributed by atoms with E-state index in [1.54, 1.807) is 6.07 Å². The van der Waals surface area contributed by atoms with Crippen LogP contribution >= 0.6 is 0 Å². The molecule has 1 aliphatic carbocycles. The number of hydrogen-bond donors (Lipinski definition) is 2. The molecule has 0 fully saturated rings. The van der Waals surface area contributed by atoms with Crippen molar-refractivity contribution >= 4 is 0 Å². The molecular formula is C11H14FNO. The summed E-state index contributed by atoms with van der Waals surface area (Å²) in [6.07, 6.45) is 1.67. The van der Waals surface area contributed by atoms with E-state index in [-0.39, 0.29) is 12.4 Å². The molecule has 3 N–H and O–H groups in total. The molecule has 1 atom stereocenters. The van der Waals surface area contributed by atoms with E-state index >= 15 is 0 Å². The zero-order valence-corrected chi connectivity index (χ0v) is 7.96. The molecule has 1 aromatic carbocycles. The average Bonchev–Trinajstić information content (AvgIpc) is 2.20. The summed E-state index contributed by atoms with van der Waals surface area (Å²) in [4.78, 5) is 0. The molecule has 1 aliphatic rings. The molecule has 0 saturated carbocycles. The fourth-order valence-electron chi connectivity index (χ4n) is 1.99. The Kier molecular flexibility index (Phi) is 2.29. The Morgan fingerprint density at radius 2 is 2.29 bits per heavy atom. The summed E-state index contributed by atoms with van der Waals surface area (Å²) in [5, 5.41) is 9.96. The van der Waals surface area contributed by atoms with Crippen LogP contribution in [0, 0.1) is 5.82 Å². The lowest BCUT2D eigenvalue weighted by atomic mass is 9.80. The van der Waals surface area contributed by atoms with Gasteiger partial charge in [-0.05, 0) is 30.0 Å². The molecule has 0 spiro atoms. The Bertz CT molecular complexity index is 353. The van der Waals surface area contributed by atoms with Crippen LogP contribution < -0.4 is 5.73 Å². The van der Waals surface area contributed by atoms with Crippen LogP contribution in [-0.4, -0.2) is 17.3 Å². The summed E-state index contributed by atoms with van der Waals surface area (Å²) < 4.78 is 13.4. The van der Waals surface area contributed by atoms with Crippen molar-refractivity contribution in [1.82, 2.24) is 0 Å². The number of aryl methyl sites for hydroxylation is 1. The van der Waals surface area contributed by atoms with Crippen LogP contribution in [0.5, 0.6) is 0 Å². The van der Waals surface area contributed by atoms with Gasteiger partial charge in [0.25, 0.3) is 0 Å². The molecule has 2 nitrogen and oxygen atoms in total. The van der Waals surface area contributed by atoms with Gasteiger partial charge in [0.05, 0.1) is 5.60 Å². The fraction of sp³-hybridized carbons (Fsp3) is 0.455. The van der Waals surface area contributed by atoms with E-state index in [0.717, 1.165) is 5.56 Å². The Balaban J connectivity index is 2.38. The normalized spacial score (nSPS) is 25.9. The van der Waals surface area contributed by atoms with Crippen molar-refractivity contribution in [2.75, 3.05) is 6.54 Å². The maximum Gasteiger partial charge on any atom is 0.126 e. The van der Waals surface area contributed by atoms with Gasteiger partial charge in [-0.1, -0.05) is 12.1 Å². The molecule has 0 amide bonds. The van der Waals surface area contributed by atoms with E-state index in [1.807, 2.05) is 6.07 Å². The minimum absolute atomic E-state index is 0.195. The quantitative estimate of drug-likeness (QED) is 0.702. The first kappa shape index (κ1) is 9.62. The molecule has 0 saturated heterocycles. The van der Waals surface area contributed by atoms with Crippen LogP contribution in [0.4, 0.5) is 4.39 Å². The van der Waals surface area contributed by atoms with Crippen LogP contribution in [0.2, 0.25) is 0 Å². The zero-order valence-electron chi connectivity index (χ0n) is 7.96. The van der Waals surface area contributed by atoms with E-state index in [1.165, 1.54) is 6.07 Å². The molecule has 3 heteroatoms. The van der Waals surface area contributed by atoms with Gasteiger partial charge in [0.15, 0.2) is 0 Å². The van der Waals surface area contributed by atoms with Crippen molar-refractivity contribution in [2.45, 2.75) is 24.9 Å². The maximum atomic E-state index is 13.4. The fourth-order valence-corrected chi connectivity index (χ4v) is 1.99. The predicted octanol–water partition coefficient (Wildman–Crippen LogP) is 1.00. The van der Waals surface area contributed by atoms with Gasteiger partial charge >= 0.3 is 0 Å². The summed E-state index contributed by atoms with van der Waals surface area (Å²) >= 11 is 0. The van der Waals surface area contributed by atoms with E-state index in [2.05, 4.69) is 0 Å². The number of benzene rings is 1. The second-order valence-electron chi connectivity index (χ2n) is 3.98. The Labute approximate surface area is 82.5 Å². The van der Waals surface area contributed by atoms with Crippen molar-refractivity contribution in [2.24, 2.45) is 5.73 Å². The van der Waals surface area contributed by atoms with Crippen molar-refractivity contribution in [3.8, 4) is 0 Å². The third-order valence-electron chi connectivity index (χ3n) is 2.96. The summed E-state index contributed by atoms with van der Waals surface area (Å²) in [7, 11) is 0. The predicted molar refractivity (Wildman–Crippen MR) is 52.4 cm³/mol. The summed E-state index contributed by atoms with van der Waals surface area (Å²) in [6.45, 7) is 0.195. The number of hydrogen-bond acceptors (Lipinski definition) is 2. The summed E-state index contributed by atoms with van der Waals surface area (Å²) in [6, 6.07) is 5.05. The van der Waals surface area contributed by atoms with E-state index < -0.39 is 5.60 Å². The molecule has 14 heavy (non-hydrogen) atoms. The van der Waals surface area contributed by atoms with Gasteiger partial charge in [-0.15, -0.1) is 0 Å². The van der Waals surface area contributed by atoms with Crippen LogP contribution in [0.25, 0.3) is 0 Å². The molecule has 0 radical (unpaired) electrons. The number of nitrogens with two attached hydrogens (primary N) is 1. The van der Waals surface area contributed by atoms with E-state index in [0.29, 0.717) is 24.8 Å². The van der Waals surface area contributed by atoms with Gasteiger partial charge in [0.2, 0.25) is 0 Å². The van der Waals surface area contributed by atoms with E-state index in [4.69, 9.17) is 5.73 Å². The molecule has 0 aromatic heterocycles. The largest absolute Gasteiger partial charge is 0.388 e. The van der Waals surface area contributed by atoms with Crippen molar-refractivity contribution in [3.05, 3.63) is 35.1 Å². The second-order valence-corrected chi connectivity index (χ2v) is 3.98. The zero-order chi connectivity index (χ0) is 10.2.